The second-order valence-electron chi connectivity index (χ2n) is 5.08. The van der Waals surface area contributed by atoms with Crippen LogP contribution < -0.4 is 0 Å². The summed E-state index contributed by atoms with van der Waals surface area (Å²) in [6.45, 7) is 2.00. The van der Waals surface area contributed by atoms with Crippen LogP contribution in [0.1, 0.15) is 11.3 Å². The third-order valence-electron chi connectivity index (χ3n) is 3.29. The Kier molecular flexibility index (Phi) is 3.81. The van der Waals surface area contributed by atoms with Gasteiger partial charge in [-0.2, -0.15) is 0 Å². The zero-order valence-electron chi connectivity index (χ0n) is 12.1. The van der Waals surface area contributed by atoms with Gasteiger partial charge >= 0.3 is 0 Å². The molecule has 0 aliphatic rings. The highest BCUT2D eigenvalue weighted by Gasteiger charge is 2.18. The van der Waals surface area contributed by atoms with Gasteiger partial charge in [0, 0.05) is 5.56 Å². The van der Waals surface area contributed by atoms with Gasteiger partial charge in [-0.05, 0) is 31.2 Å². The molecule has 0 aliphatic heterocycles. The lowest BCUT2D eigenvalue weighted by Gasteiger charge is -2.01. The molecular formula is C17H15NO3S. The maximum atomic E-state index is 12.3. The van der Waals surface area contributed by atoms with Crippen molar-refractivity contribution in [3.63, 3.8) is 0 Å². The second kappa shape index (κ2) is 5.77. The van der Waals surface area contributed by atoms with Crippen molar-refractivity contribution in [2.75, 3.05) is 0 Å². The molecule has 1 heterocycles. The summed E-state index contributed by atoms with van der Waals surface area (Å²) in [4.78, 5) is 4.56. The van der Waals surface area contributed by atoms with Crippen LogP contribution in [0.25, 0.3) is 11.5 Å². The maximum Gasteiger partial charge on any atom is 0.226 e. The molecule has 0 radical (unpaired) electrons. The summed E-state index contributed by atoms with van der Waals surface area (Å²) in [6, 6.07) is 16.1. The van der Waals surface area contributed by atoms with Crippen LogP contribution in [0.15, 0.2) is 70.2 Å². The normalized spacial score (nSPS) is 11.5. The van der Waals surface area contributed by atoms with Crippen molar-refractivity contribution in [1.29, 1.82) is 0 Å². The summed E-state index contributed by atoms with van der Waals surface area (Å²) >= 11 is 0. The van der Waals surface area contributed by atoms with Crippen molar-refractivity contribution in [3.05, 3.63) is 72.1 Å². The van der Waals surface area contributed by atoms with E-state index in [-0.39, 0.29) is 10.6 Å². The lowest BCUT2D eigenvalue weighted by atomic mass is 10.1. The molecule has 0 saturated carbocycles. The fraction of sp³-hybridized carbons (Fsp3) is 0.118. The quantitative estimate of drug-likeness (QED) is 0.738. The third-order valence-corrected chi connectivity index (χ3v) is 4.96. The zero-order valence-corrected chi connectivity index (χ0v) is 12.9. The van der Waals surface area contributed by atoms with Crippen molar-refractivity contribution in [2.24, 2.45) is 0 Å². The maximum absolute atomic E-state index is 12.3. The Labute approximate surface area is 129 Å². The van der Waals surface area contributed by atoms with Crippen LogP contribution >= 0.6 is 0 Å². The predicted molar refractivity (Wildman–Crippen MR) is 84.0 cm³/mol. The monoisotopic (exact) mass is 313 g/mol. The van der Waals surface area contributed by atoms with Crippen LogP contribution in [-0.4, -0.2) is 13.4 Å². The van der Waals surface area contributed by atoms with Gasteiger partial charge in [0.25, 0.3) is 0 Å². The van der Waals surface area contributed by atoms with Crippen molar-refractivity contribution in [2.45, 2.75) is 17.6 Å². The highest BCUT2D eigenvalue weighted by atomic mass is 32.2. The molecule has 4 nitrogen and oxygen atoms in total. The summed E-state index contributed by atoms with van der Waals surface area (Å²) in [5.41, 5.74) is 2.37. The first-order chi connectivity index (χ1) is 10.5. The van der Waals surface area contributed by atoms with E-state index in [1.54, 1.807) is 30.3 Å². The van der Waals surface area contributed by atoms with Gasteiger partial charge in [-0.25, -0.2) is 13.4 Å². The van der Waals surface area contributed by atoms with Crippen LogP contribution in [0, 0.1) is 6.92 Å². The molecule has 3 aromatic rings. The molecule has 0 saturated heterocycles. The minimum atomic E-state index is -3.41. The number of hydrogen-bond donors (Lipinski definition) is 0. The average molecular weight is 313 g/mol. The lowest BCUT2D eigenvalue weighted by molar-refractivity contribution is 0.572. The van der Waals surface area contributed by atoms with Crippen molar-refractivity contribution in [3.8, 4) is 11.5 Å². The van der Waals surface area contributed by atoms with E-state index in [0.29, 0.717) is 11.6 Å². The van der Waals surface area contributed by atoms with E-state index in [1.807, 2.05) is 31.2 Å². The average Bonchev–Trinajstić information content (AvgIpc) is 2.97. The SMILES string of the molecule is Cc1ccc(-c2nc(CS(=O)(=O)c3ccccc3)co2)cc1. The summed E-state index contributed by atoms with van der Waals surface area (Å²) in [7, 11) is -3.41. The molecule has 112 valence electrons. The van der Waals surface area contributed by atoms with Crippen LogP contribution in [0.2, 0.25) is 0 Å². The van der Waals surface area contributed by atoms with Gasteiger partial charge in [0.2, 0.25) is 5.89 Å². The van der Waals surface area contributed by atoms with E-state index in [4.69, 9.17) is 4.42 Å². The Bertz CT molecular complexity index is 866. The first-order valence-corrected chi connectivity index (χ1v) is 8.49. The van der Waals surface area contributed by atoms with Crippen LogP contribution in [0.4, 0.5) is 0 Å². The Morgan fingerprint density at radius 1 is 1.00 bits per heavy atom. The molecule has 22 heavy (non-hydrogen) atoms. The number of aromatic nitrogens is 1. The van der Waals surface area contributed by atoms with Gasteiger partial charge in [0.05, 0.1) is 10.6 Å². The van der Waals surface area contributed by atoms with E-state index < -0.39 is 9.84 Å². The number of oxazole rings is 1. The summed E-state index contributed by atoms with van der Waals surface area (Å²) in [5.74, 6) is 0.255. The molecule has 1 aromatic heterocycles. The number of benzene rings is 2. The molecule has 0 amide bonds. The standard InChI is InChI=1S/C17H15NO3S/c1-13-7-9-14(10-8-13)17-18-15(11-21-17)12-22(19,20)16-5-3-2-4-6-16/h2-11H,12H2,1H3. The van der Waals surface area contributed by atoms with Gasteiger partial charge in [0.15, 0.2) is 9.84 Å². The predicted octanol–water partition coefficient (Wildman–Crippen LogP) is 3.62. The van der Waals surface area contributed by atoms with E-state index in [0.717, 1.165) is 11.1 Å². The van der Waals surface area contributed by atoms with Crippen LogP contribution in [0.5, 0.6) is 0 Å². The van der Waals surface area contributed by atoms with E-state index in [2.05, 4.69) is 4.98 Å². The summed E-state index contributed by atoms with van der Waals surface area (Å²) < 4.78 is 30.0. The first kappa shape index (κ1) is 14.5. The van der Waals surface area contributed by atoms with E-state index >= 15 is 0 Å². The minimum absolute atomic E-state index is 0.174. The highest BCUT2D eigenvalue weighted by Crippen LogP contribution is 2.21. The highest BCUT2D eigenvalue weighted by molar-refractivity contribution is 7.90. The molecule has 0 spiro atoms. The molecular weight excluding hydrogens is 298 g/mol. The molecule has 3 rings (SSSR count). The Balaban J connectivity index is 1.84. The minimum Gasteiger partial charge on any atom is -0.444 e. The van der Waals surface area contributed by atoms with Crippen molar-refractivity contribution >= 4 is 9.84 Å². The Hall–Kier alpha value is -2.40. The molecule has 0 bridgehead atoms. The topological polar surface area (TPSA) is 60.2 Å². The molecule has 0 fully saturated rings. The van der Waals surface area contributed by atoms with Gasteiger partial charge in [-0.15, -0.1) is 0 Å². The van der Waals surface area contributed by atoms with Gasteiger partial charge < -0.3 is 4.42 Å². The lowest BCUT2D eigenvalue weighted by Crippen LogP contribution is -2.05. The van der Waals surface area contributed by atoms with E-state index in [9.17, 15) is 8.42 Å². The third kappa shape index (κ3) is 3.09. The fourth-order valence-electron chi connectivity index (χ4n) is 2.11. The number of nitrogens with zero attached hydrogens (tertiary/aromatic N) is 1. The molecule has 0 unspecified atom stereocenters. The summed E-state index contributed by atoms with van der Waals surface area (Å²) in [5, 5.41) is 0. The Morgan fingerprint density at radius 3 is 2.36 bits per heavy atom. The largest absolute Gasteiger partial charge is 0.444 e. The number of hydrogen-bond acceptors (Lipinski definition) is 4. The van der Waals surface area contributed by atoms with Crippen LogP contribution in [-0.2, 0) is 15.6 Å². The molecule has 0 N–H and O–H groups in total. The number of sulfone groups is 1. The molecule has 0 atom stereocenters. The van der Waals surface area contributed by atoms with Gasteiger partial charge in [-0.1, -0.05) is 35.9 Å². The van der Waals surface area contributed by atoms with E-state index in [1.165, 1.54) is 6.26 Å². The summed E-state index contributed by atoms with van der Waals surface area (Å²) in [6.07, 6.45) is 1.40. The molecule has 5 heteroatoms. The smallest absolute Gasteiger partial charge is 0.226 e. The first-order valence-electron chi connectivity index (χ1n) is 6.84. The number of rotatable bonds is 4. The number of aryl methyl sites for hydroxylation is 1. The second-order valence-corrected chi connectivity index (χ2v) is 7.07. The molecule has 0 aliphatic carbocycles. The Morgan fingerprint density at radius 2 is 1.68 bits per heavy atom. The van der Waals surface area contributed by atoms with Crippen molar-refractivity contribution < 1.29 is 12.8 Å². The van der Waals surface area contributed by atoms with Crippen LogP contribution in [0.3, 0.4) is 0 Å². The zero-order chi connectivity index (χ0) is 15.6. The van der Waals surface area contributed by atoms with Gasteiger partial charge in [0.1, 0.15) is 12.0 Å². The van der Waals surface area contributed by atoms with Gasteiger partial charge in [-0.3, -0.25) is 0 Å². The van der Waals surface area contributed by atoms with Crippen molar-refractivity contribution in [1.82, 2.24) is 4.98 Å². The molecule has 2 aromatic carbocycles. The fourth-order valence-corrected chi connectivity index (χ4v) is 3.37.